The molecule has 0 bridgehead atoms. The predicted octanol–water partition coefficient (Wildman–Crippen LogP) is 7.57. The van der Waals surface area contributed by atoms with Crippen LogP contribution in [0.4, 0.5) is 0 Å². The molecule has 2 aromatic carbocycles. The van der Waals surface area contributed by atoms with Gasteiger partial charge in [0.1, 0.15) is 4.70 Å². The van der Waals surface area contributed by atoms with Crippen LogP contribution in [-0.2, 0) is 5.75 Å². The second-order valence-electron chi connectivity index (χ2n) is 6.80. The highest BCUT2D eigenvalue weighted by Crippen LogP contribution is 2.34. The summed E-state index contributed by atoms with van der Waals surface area (Å²) >= 11 is 16.9. The molecule has 0 aliphatic carbocycles. The summed E-state index contributed by atoms with van der Waals surface area (Å²) in [4.78, 5) is 18.2. The number of nitrogens with zero attached hydrogens (tertiary/aromatic N) is 2. The van der Waals surface area contributed by atoms with Gasteiger partial charge >= 0.3 is 0 Å². The van der Waals surface area contributed by atoms with Gasteiger partial charge in [-0.3, -0.25) is 9.36 Å². The van der Waals surface area contributed by atoms with Crippen molar-refractivity contribution in [3.05, 3.63) is 84.8 Å². The first-order chi connectivity index (χ1) is 14.5. The first kappa shape index (κ1) is 20.1. The standard InChI is InChI=1S/C22H14Cl2N2OS3/c1-12-9-29-20-19(12)25-22(26(21(20)27)16-5-2-14(23)3-6-16)30-11-13-10-28-18-7-4-15(24)8-17(13)18/h2-10H,11H2,1H3. The Morgan fingerprint density at radius 3 is 2.60 bits per heavy atom. The molecule has 0 N–H and O–H groups in total. The molecule has 0 radical (unpaired) electrons. The summed E-state index contributed by atoms with van der Waals surface area (Å²) in [6, 6.07) is 13.2. The van der Waals surface area contributed by atoms with E-state index in [2.05, 4.69) is 5.38 Å². The molecule has 0 amide bonds. The van der Waals surface area contributed by atoms with Gasteiger partial charge in [-0.05, 0) is 76.7 Å². The van der Waals surface area contributed by atoms with E-state index < -0.39 is 0 Å². The van der Waals surface area contributed by atoms with Crippen LogP contribution < -0.4 is 5.56 Å². The van der Waals surface area contributed by atoms with E-state index in [0.717, 1.165) is 27.2 Å². The van der Waals surface area contributed by atoms with Gasteiger partial charge < -0.3 is 0 Å². The molecule has 5 rings (SSSR count). The van der Waals surface area contributed by atoms with E-state index in [0.29, 0.717) is 20.6 Å². The van der Waals surface area contributed by atoms with Crippen LogP contribution in [0.3, 0.4) is 0 Å². The van der Waals surface area contributed by atoms with Crippen LogP contribution in [0.25, 0.3) is 26.0 Å². The van der Waals surface area contributed by atoms with Crippen molar-refractivity contribution in [2.24, 2.45) is 0 Å². The van der Waals surface area contributed by atoms with Crippen LogP contribution in [0, 0.1) is 6.92 Å². The van der Waals surface area contributed by atoms with Crippen LogP contribution in [-0.4, -0.2) is 9.55 Å². The number of fused-ring (bicyclic) bond motifs is 2. The zero-order valence-corrected chi connectivity index (χ0v) is 19.6. The fraction of sp³-hybridized carbons (Fsp3) is 0.0909. The lowest BCUT2D eigenvalue weighted by Gasteiger charge is -2.12. The molecule has 3 nitrogen and oxygen atoms in total. The first-order valence-electron chi connectivity index (χ1n) is 9.06. The number of thioether (sulfide) groups is 1. The zero-order valence-electron chi connectivity index (χ0n) is 15.7. The van der Waals surface area contributed by atoms with Gasteiger partial charge in [0.15, 0.2) is 5.16 Å². The van der Waals surface area contributed by atoms with E-state index >= 15 is 0 Å². The molecule has 0 unspecified atom stereocenters. The van der Waals surface area contributed by atoms with Crippen molar-refractivity contribution in [3.8, 4) is 5.69 Å². The largest absolute Gasteiger partial charge is 0.276 e. The second kappa shape index (κ2) is 8.02. The summed E-state index contributed by atoms with van der Waals surface area (Å²) < 4.78 is 3.54. The summed E-state index contributed by atoms with van der Waals surface area (Å²) in [5.74, 6) is 0.690. The normalized spacial score (nSPS) is 11.6. The lowest BCUT2D eigenvalue weighted by Crippen LogP contribution is -2.21. The monoisotopic (exact) mass is 488 g/mol. The Hall–Kier alpha value is -1.83. The van der Waals surface area contributed by atoms with E-state index in [1.165, 1.54) is 21.6 Å². The third kappa shape index (κ3) is 3.57. The number of hydrogen-bond donors (Lipinski definition) is 0. The number of hydrogen-bond acceptors (Lipinski definition) is 5. The first-order valence-corrected chi connectivity index (χ1v) is 12.6. The Kier molecular flexibility index (Phi) is 5.37. The molecule has 0 saturated heterocycles. The second-order valence-corrected chi connectivity index (χ2v) is 10.4. The number of rotatable bonds is 4. The maximum absolute atomic E-state index is 13.3. The molecular formula is C22H14Cl2N2OS3. The van der Waals surface area contributed by atoms with Crippen molar-refractivity contribution in [3.63, 3.8) is 0 Å². The Balaban J connectivity index is 1.62. The summed E-state index contributed by atoms with van der Waals surface area (Å²) in [7, 11) is 0. The molecule has 3 heterocycles. The van der Waals surface area contributed by atoms with E-state index in [-0.39, 0.29) is 5.56 Å². The highest BCUT2D eigenvalue weighted by molar-refractivity contribution is 7.98. The molecule has 0 atom stereocenters. The summed E-state index contributed by atoms with van der Waals surface area (Å²) in [6.45, 7) is 1.99. The van der Waals surface area contributed by atoms with E-state index in [9.17, 15) is 4.79 Å². The number of aryl methyl sites for hydroxylation is 1. The average Bonchev–Trinajstić information content (AvgIpc) is 3.31. The van der Waals surface area contributed by atoms with Gasteiger partial charge in [0, 0.05) is 20.5 Å². The van der Waals surface area contributed by atoms with Gasteiger partial charge in [-0.15, -0.1) is 22.7 Å². The highest BCUT2D eigenvalue weighted by Gasteiger charge is 2.17. The quantitative estimate of drug-likeness (QED) is 0.193. The maximum atomic E-state index is 13.3. The third-order valence-electron chi connectivity index (χ3n) is 4.80. The van der Waals surface area contributed by atoms with Crippen molar-refractivity contribution >= 4 is 77.9 Å². The number of thiophene rings is 2. The Bertz CT molecular complexity index is 1450. The topological polar surface area (TPSA) is 34.9 Å². The fourth-order valence-corrected chi connectivity index (χ4v) is 6.55. The van der Waals surface area contributed by atoms with E-state index in [1.54, 1.807) is 39.8 Å². The minimum Gasteiger partial charge on any atom is -0.267 e. The van der Waals surface area contributed by atoms with Crippen LogP contribution in [0.15, 0.2) is 63.2 Å². The molecule has 0 fully saturated rings. The third-order valence-corrected chi connectivity index (χ3v) is 8.36. The Morgan fingerprint density at radius 2 is 1.80 bits per heavy atom. The van der Waals surface area contributed by atoms with Gasteiger partial charge in [-0.1, -0.05) is 35.0 Å². The van der Waals surface area contributed by atoms with Gasteiger partial charge in [-0.2, -0.15) is 0 Å². The van der Waals surface area contributed by atoms with Crippen LogP contribution in [0.1, 0.15) is 11.1 Å². The zero-order chi connectivity index (χ0) is 20.8. The maximum Gasteiger partial charge on any atom is 0.276 e. The number of halogens is 2. The van der Waals surface area contributed by atoms with Crippen LogP contribution >= 0.6 is 57.6 Å². The Morgan fingerprint density at radius 1 is 1.03 bits per heavy atom. The number of benzene rings is 2. The average molecular weight is 489 g/mol. The van der Waals surface area contributed by atoms with Crippen molar-refractivity contribution < 1.29 is 0 Å². The minimum atomic E-state index is -0.0545. The minimum absolute atomic E-state index is 0.0545. The molecule has 0 saturated carbocycles. The van der Waals surface area contributed by atoms with Gasteiger partial charge in [-0.25, -0.2) is 4.98 Å². The van der Waals surface area contributed by atoms with Gasteiger partial charge in [0.25, 0.3) is 5.56 Å². The lowest BCUT2D eigenvalue weighted by molar-refractivity contribution is 0.821. The SMILES string of the molecule is Cc1csc2c(=O)n(-c3ccc(Cl)cc3)c(SCc3csc4ccc(Cl)cc34)nc12. The summed E-state index contributed by atoms with van der Waals surface area (Å²) in [6.07, 6.45) is 0. The highest BCUT2D eigenvalue weighted by atomic mass is 35.5. The van der Waals surface area contributed by atoms with Crippen molar-refractivity contribution in [1.29, 1.82) is 0 Å². The number of aromatic nitrogens is 2. The smallest absolute Gasteiger partial charge is 0.267 e. The molecule has 8 heteroatoms. The van der Waals surface area contributed by atoms with E-state index in [4.69, 9.17) is 28.2 Å². The molecular weight excluding hydrogens is 475 g/mol. The molecule has 3 aromatic heterocycles. The van der Waals surface area contributed by atoms with Crippen molar-refractivity contribution in [1.82, 2.24) is 9.55 Å². The molecule has 0 aliphatic heterocycles. The Labute approximate surface area is 194 Å². The van der Waals surface area contributed by atoms with E-state index in [1.807, 2.05) is 42.6 Å². The molecule has 0 aliphatic rings. The van der Waals surface area contributed by atoms with Crippen molar-refractivity contribution in [2.45, 2.75) is 17.8 Å². The predicted molar refractivity (Wildman–Crippen MR) is 131 cm³/mol. The summed E-state index contributed by atoms with van der Waals surface area (Å²) in [5, 5.41) is 7.29. The van der Waals surface area contributed by atoms with Gasteiger partial charge in [0.2, 0.25) is 0 Å². The molecule has 0 spiro atoms. The summed E-state index contributed by atoms with van der Waals surface area (Å²) in [5.41, 5.74) is 3.68. The molecule has 150 valence electrons. The van der Waals surface area contributed by atoms with Crippen molar-refractivity contribution in [2.75, 3.05) is 0 Å². The fourth-order valence-electron chi connectivity index (χ4n) is 3.29. The van der Waals surface area contributed by atoms with Crippen LogP contribution in [0.2, 0.25) is 10.0 Å². The molecule has 5 aromatic rings. The van der Waals surface area contributed by atoms with Gasteiger partial charge in [0.05, 0.1) is 11.2 Å². The van der Waals surface area contributed by atoms with Crippen LogP contribution in [0.5, 0.6) is 0 Å². The lowest BCUT2D eigenvalue weighted by atomic mass is 10.2. The molecule has 30 heavy (non-hydrogen) atoms.